The summed E-state index contributed by atoms with van der Waals surface area (Å²) in [6.45, 7) is 1.85. The molecule has 26 heavy (non-hydrogen) atoms. The van der Waals surface area contributed by atoms with Crippen molar-refractivity contribution in [2.75, 3.05) is 0 Å². The van der Waals surface area contributed by atoms with Gasteiger partial charge in [-0.2, -0.15) is 5.10 Å². The number of thioether (sulfide) groups is 1. The Kier molecular flexibility index (Phi) is 5.24. The van der Waals surface area contributed by atoms with Crippen molar-refractivity contribution >= 4 is 46.3 Å². The third-order valence-corrected chi connectivity index (χ3v) is 5.36. The summed E-state index contributed by atoms with van der Waals surface area (Å²) in [6.07, 6.45) is 3.71. The summed E-state index contributed by atoms with van der Waals surface area (Å²) in [6, 6.07) is 8.17. The molecule has 8 heteroatoms. The van der Waals surface area contributed by atoms with Crippen molar-refractivity contribution in [1.82, 2.24) is 14.7 Å². The van der Waals surface area contributed by atoms with Gasteiger partial charge in [0.05, 0.1) is 10.6 Å². The lowest BCUT2D eigenvalue weighted by molar-refractivity contribution is -0.145. The second kappa shape index (κ2) is 7.43. The van der Waals surface area contributed by atoms with Crippen molar-refractivity contribution in [3.05, 3.63) is 58.3 Å². The first-order chi connectivity index (χ1) is 12.4. The molecule has 1 aliphatic heterocycles. The quantitative estimate of drug-likeness (QED) is 0.628. The molecule has 1 aromatic heterocycles. The summed E-state index contributed by atoms with van der Waals surface area (Å²) in [5, 5.41) is 13.9. The third-order valence-electron chi connectivity index (χ3n) is 4.03. The molecule has 134 valence electrons. The van der Waals surface area contributed by atoms with Gasteiger partial charge in [0.15, 0.2) is 0 Å². The van der Waals surface area contributed by atoms with E-state index in [4.69, 9.17) is 12.2 Å². The van der Waals surface area contributed by atoms with Gasteiger partial charge in [0.25, 0.3) is 5.91 Å². The number of hydrogen-bond acceptors (Lipinski definition) is 5. The molecule has 1 unspecified atom stereocenters. The highest BCUT2D eigenvalue weighted by atomic mass is 32.2. The normalized spacial score (nSPS) is 17.2. The lowest BCUT2D eigenvalue weighted by Gasteiger charge is -2.23. The fraction of sp³-hybridized carbons (Fsp3) is 0.222. The number of carboxylic acids is 1. The van der Waals surface area contributed by atoms with Gasteiger partial charge in [-0.1, -0.05) is 54.3 Å². The predicted molar refractivity (Wildman–Crippen MR) is 105 cm³/mol. The first-order valence-corrected chi connectivity index (χ1v) is 9.13. The smallest absolute Gasteiger partial charge is 0.327 e. The molecular weight excluding hydrogens is 370 g/mol. The molecule has 0 spiro atoms. The van der Waals surface area contributed by atoms with Crippen molar-refractivity contribution in [2.45, 2.75) is 19.4 Å². The van der Waals surface area contributed by atoms with E-state index in [9.17, 15) is 14.7 Å². The van der Waals surface area contributed by atoms with Crippen molar-refractivity contribution in [1.29, 1.82) is 0 Å². The number of rotatable bonds is 5. The summed E-state index contributed by atoms with van der Waals surface area (Å²) in [5.41, 5.74) is 2.43. The molecule has 2 heterocycles. The Morgan fingerprint density at radius 2 is 2.08 bits per heavy atom. The van der Waals surface area contributed by atoms with Crippen LogP contribution in [0.15, 0.2) is 41.4 Å². The Labute approximate surface area is 160 Å². The largest absolute Gasteiger partial charge is 0.480 e. The maximum absolute atomic E-state index is 12.8. The lowest BCUT2D eigenvalue weighted by Crippen LogP contribution is -2.45. The van der Waals surface area contributed by atoms with E-state index in [0.29, 0.717) is 4.91 Å². The Bertz CT molecular complexity index is 906. The summed E-state index contributed by atoms with van der Waals surface area (Å²) < 4.78 is 1.92. The van der Waals surface area contributed by atoms with E-state index < -0.39 is 12.0 Å². The third kappa shape index (κ3) is 3.71. The number of carbonyl (C=O) groups is 2. The summed E-state index contributed by atoms with van der Waals surface area (Å²) in [5.74, 6) is -1.46. The average Bonchev–Trinajstić information content (AvgIpc) is 3.05. The van der Waals surface area contributed by atoms with Crippen molar-refractivity contribution in [3.63, 3.8) is 0 Å². The molecular formula is C18H17N3O3S2. The van der Waals surface area contributed by atoms with Crippen LogP contribution in [0, 0.1) is 6.92 Å². The highest BCUT2D eigenvalue weighted by Crippen LogP contribution is 2.35. The molecule has 1 amide bonds. The summed E-state index contributed by atoms with van der Waals surface area (Å²) in [7, 11) is 1.80. The van der Waals surface area contributed by atoms with Crippen LogP contribution in [0.2, 0.25) is 0 Å². The van der Waals surface area contributed by atoms with Gasteiger partial charge in [-0.25, -0.2) is 4.79 Å². The lowest BCUT2D eigenvalue weighted by atomic mass is 10.0. The highest BCUT2D eigenvalue weighted by molar-refractivity contribution is 8.26. The molecule has 3 rings (SSSR count). The molecule has 0 radical (unpaired) electrons. The van der Waals surface area contributed by atoms with E-state index in [1.54, 1.807) is 24.0 Å². The van der Waals surface area contributed by atoms with E-state index in [2.05, 4.69) is 5.10 Å². The zero-order valence-electron chi connectivity index (χ0n) is 14.2. The molecule has 1 atom stereocenters. The van der Waals surface area contributed by atoms with Gasteiger partial charge in [0, 0.05) is 25.2 Å². The van der Waals surface area contributed by atoms with Gasteiger partial charge in [-0.05, 0) is 18.6 Å². The van der Waals surface area contributed by atoms with Crippen LogP contribution in [0.4, 0.5) is 0 Å². The molecule has 2 aromatic rings. The minimum Gasteiger partial charge on any atom is -0.480 e. The number of amides is 1. The van der Waals surface area contributed by atoms with Gasteiger partial charge in [0.1, 0.15) is 10.4 Å². The summed E-state index contributed by atoms with van der Waals surface area (Å²) in [4.78, 5) is 26.3. The van der Waals surface area contributed by atoms with E-state index in [1.807, 2.05) is 37.3 Å². The number of aliphatic carboxylic acids is 1. The monoisotopic (exact) mass is 387 g/mol. The maximum Gasteiger partial charge on any atom is 0.327 e. The number of carbonyl (C=O) groups excluding carboxylic acids is 1. The molecule has 6 nitrogen and oxygen atoms in total. The number of carboxylic acid groups (broad SMARTS) is 1. The topological polar surface area (TPSA) is 75.4 Å². The van der Waals surface area contributed by atoms with Gasteiger partial charge in [-0.3, -0.25) is 14.4 Å². The number of aromatic nitrogens is 2. The molecule has 1 saturated heterocycles. The van der Waals surface area contributed by atoms with Crippen molar-refractivity contribution < 1.29 is 14.7 Å². The number of aryl methyl sites for hydroxylation is 2. The molecule has 1 aromatic carbocycles. The first kappa shape index (κ1) is 18.3. The fourth-order valence-corrected chi connectivity index (χ4v) is 4.12. The zero-order valence-corrected chi connectivity index (χ0v) is 15.9. The number of benzene rings is 1. The van der Waals surface area contributed by atoms with Crippen LogP contribution in [-0.2, 0) is 23.1 Å². The maximum atomic E-state index is 12.8. The van der Waals surface area contributed by atoms with E-state index >= 15 is 0 Å². The second-order valence-corrected chi connectivity index (χ2v) is 7.61. The van der Waals surface area contributed by atoms with Crippen LogP contribution in [0.1, 0.15) is 16.8 Å². The van der Waals surface area contributed by atoms with Gasteiger partial charge in [0.2, 0.25) is 0 Å². The Morgan fingerprint density at radius 1 is 1.38 bits per heavy atom. The Balaban J connectivity index is 1.89. The van der Waals surface area contributed by atoms with Crippen LogP contribution >= 0.6 is 24.0 Å². The molecule has 0 bridgehead atoms. The zero-order chi connectivity index (χ0) is 18.8. The number of nitrogens with zero attached hydrogens (tertiary/aromatic N) is 3. The highest BCUT2D eigenvalue weighted by Gasteiger charge is 2.40. The molecule has 0 saturated carbocycles. The average molecular weight is 387 g/mol. The van der Waals surface area contributed by atoms with Crippen LogP contribution < -0.4 is 0 Å². The van der Waals surface area contributed by atoms with Crippen molar-refractivity contribution in [2.24, 2.45) is 7.05 Å². The Hall–Kier alpha value is -2.45. The van der Waals surface area contributed by atoms with E-state index in [1.165, 1.54) is 4.90 Å². The molecule has 0 aliphatic carbocycles. The van der Waals surface area contributed by atoms with Gasteiger partial charge < -0.3 is 5.11 Å². The van der Waals surface area contributed by atoms with Gasteiger partial charge in [-0.15, -0.1) is 0 Å². The Morgan fingerprint density at radius 3 is 2.65 bits per heavy atom. The minimum atomic E-state index is -1.08. The van der Waals surface area contributed by atoms with Crippen LogP contribution in [0.25, 0.3) is 6.08 Å². The SMILES string of the molecule is Cc1nn(C)cc1C=C1SC(=S)N(C(Cc2ccccc2)C(=O)O)C1=O. The van der Waals surface area contributed by atoms with Crippen molar-refractivity contribution in [3.8, 4) is 0 Å². The van der Waals surface area contributed by atoms with Crippen LogP contribution in [-0.4, -0.2) is 42.0 Å². The van der Waals surface area contributed by atoms with E-state index in [-0.39, 0.29) is 16.6 Å². The van der Waals surface area contributed by atoms with Crippen LogP contribution in [0.5, 0.6) is 0 Å². The second-order valence-electron chi connectivity index (χ2n) is 5.94. The van der Waals surface area contributed by atoms with E-state index in [0.717, 1.165) is 28.6 Å². The number of hydrogen-bond donors (Lipinski definition) is 1. The minimum absolute atomic E-state index is 0.196. The molecule has 1 N–H and O–H groups in total. The predicted octanol–water partition coefficient (Wildman–Crippen LogP) is 2.63. The molecule has 1 aliphatic rings. The van der Waals surface area contributed by atoms with Gasteiger partial charge >= 0.3 is 5.97 Å². The summed E-state index contributed by atoms with van der Waals surface area (Å²) >= 11 is 6.42. The molecule has 1 fully saturated rings. The number of thiocarbonyl (C=S) groups is 1. The standard InChI is InChI=1S/C18H17N3O3S2/c1-11-13(10-20(2)19-11)9-15-16(22)21(18(25)26-15)14(17(23)24)8-12-6-4-3-5-7-12/h3-7,9-10,14H,8H2,1-2H3,(H,23,24). The first-order valence-electron chi connectivity index (χ1n) is 7.91. The van der Waals surface area contributed by atoms with Crippen LogP contribution in [0.3, 0.4) is 0 Å². The fourth-order valence-electron chi connectivity index (χ4n) is 2.78.